The van der Waals surface area contributed by atoms with Crippen molar-refractivity contribution in [1.29, 1.82) is 0 Å². The first-order chi connectivity index (χ1) is 14.9. The minimum atomic E-state index is -2.18. The van der Waals surface area contributed by atoms with Crippen LogP contribution >= 0.6 is 0 Å². The number of nitrogens with one attached hydrogen (secondary N) is 2. The van der Waals surface area contributed by atoms with Crippen LogP contribution in [0.2, 0.25) is 0 Å². The van der Waals surface area contributed by atoms with Crippen LogP contribution in [0, 0.1) is 5.92 Å². The second-order valence-corrected chi connectivity index (χ2v) is 8.25. The van der Waals surface area contributed by atoms with Crippen molar-refractivity contribution in [3.8, 4) is 5.75 Å². The highest BCUT2D eigenvalue weighted by Crippen LogP contribution is 2.40. The van der Waals surface area contributed by atoms with Gasteiger partial charge in [0.25, 0.3) is 11.6 Å². The molecular formula is C24H29N3O4. The van der Waals surface area contributed by atoms with Crippen molar-refractivity contribution in [3.63, 3.8) is 0 Å². The van der Waals surface area contributed by atoms with Crippen LogP contribution in [0.15, 0.2) is 48.5 Å². The molecule has 0 radical (unpaired) electrons. The number of fused-ring (bicyclic) bond motifs is 1. The van der Waals surface area contributed by atoms with Gasteiger partial charge < -0.3 is 20.5 Å². The van der Waals surface area contributed by atoms with Crippen molar-refractivity contribution < 1.29 is 19.4 Å². The molecule has 4 rings (SSSR count). The highest BCUT2D eigenvalue weighted by Gasteiger charge is 2.52. The maximum absolute atomic E-state index is 13.6. The number of hydrogen-bond donors (Lipinski definition) is 3. The first kappa shape index (κ1) is 21.2. The van der Waals surface area contributed by atoms with Crippen molar-refractivity contribution in [2.75, 3.05) is 16.8 Å². The van der Waals surface area contributed by atoms with Crippen molar-refractivity contribution in [2.24, 2.45) is 5.92 Å². The largest absolute Gasteiger partial charge is 0.494 e. The Hall–Kier alpha value is -3.06. The van der Waals surface area contributed by atoms with E-state index < -0.39 is 17.7 Å². The summed E-state index contributed by atoms with van der Waals surface area (Å²) in [7, 11) is 0. The summed E-state index contributed by atoms with van der Waals surface area (Å²) in [6.45, 7) is 4.51. The lowest BCUT2D eigenvalue weighted by Gasteiger charge is -2.44. The molecule has 0 aromatic heterocycles. The molecule has 7 heteroatoms. The van der Waals surface area contributed by atoms with Gasteiger partial charge in [0, 0.05) is 17.3 Å². The third-order valence-electron chi connectivity index (χ3n) is 6.22. The number of benzene rings is 2. The first-order valence-electron chi connectivity index (χ1n) is 10.9. The fraction of sp³-hybridized carbons (Fsp3) is 0.417. The van der Waals surface area contributed by atoms with E-state index in [1.54, 1.807) is 48.5 Å². The zero-order valence-corrected chi connectivity index (χ0v) is 17.9. The molecule has 1 saturated carbocycles. The fourth-order valence-corrected chi connectivity index (χ4v) is 4.52. The van der Waals surface area contributed by atoms with Gasteiger partial charge in [0.1, 0.15) is 5.75 Å². The molecule has 0 spiro atoms. The SMILES string of the molecule is CCOc1ccc(N2C(=O)Nc3ccccc3C2(O)C(=O)NC2CCCCC2C)cc1. The van der Waals surface area contributed by atoms with Crippen molar-refractivity contribution in [2.45, 2.75) is 51.3 Å². The molecule has 3 unspecified atom stereocenters. The molecule has 164 valence electrons. The molecule has 1 aliphatic carbocycles. The fourth-order valence-electron chi connectivity index (χ4n) is 4.52. The van der Waals surface area contributed by atoms with Crippen LogP contribution in [-0.4, -0.2) is 29.7 Å². The van der Waals surface area contributed by atoms with Crippen LogP contribution in [0.4, 0.5) is 16.2 Å². The Kier molecular flexibility index (Phi) is 5.87. The van der Waals surface area contributed by atoms with Gasteiger partial charge in [0.2, 0.25) is 0 Å². The number of rotatable bonds is 5. The van der Waals surface area contributed by atoms with Crippen molar-refractivity contribution in [3.05, 3.63) is 54.1 Å². The number of anilines is 2. The molecule has 2 aromatic rings. The Labute approximate surface area is 182 Å². The summed E-state index contributed by atoms with van der Waals surface area (Å²) in [6, 6.07) is 13.0. The second kappa shape index (κ2) is 8.59. The summed E-state index contributed by atoms with van der Waals surface area (Å²) >= 11 is 0. The summed E-state index contributed by atoms with van der Waals surface area (Å²) in [4.78, 5) is 27.8. The predicted molar refractivity (Wildman–Crippen MR) is 119 cm³/mol. The average Bonchev–Trinajstić information content (AvgIpc) is 2.76. The Morgan fingerprint density at radius 1 is 1.19 bits per heavy atom. The summed E-state index contributed by atoms with van der Waals surface area (Å²) < 4.78 is 5.48. The van der Waals surface area contributed by atoms with E-state index >= 15 is 0 Å². The molecular weight excluding hydrogens is 394 g/mol. The number of para-hydroxylation sites is 1. The standard InChI is InChI=1S/C24H29N3O4/c1-3-31-18-14-12-17(13-15-18)27-23(29)26-21-11-7-5-9-19(21)24(27,30)22(28)25-20-10-6-4-8-16(20)2/h5,7,9,11-16,20,30H,3-4,6,8,10H2,1-2H3,(H,25,28)(H,26,29). The first-order valence-corrected chi connectivity index (χ1v) is 10.9. The third kappa shape index (κ3) is 3.85. The summed E-state index contributed by atoms with van der Waals surface area (Å²) in [5.41, 5.74) is -1.03. The molecule has 0 bridgehead atoms. The monoisotopic (exact) mass is 423 g/mol. The van der Waals surface area contributed by atoms with Gasteiger partial charge in [-0.15, -0.1) is 0 Å². The van der Waals surface area contributed by atoms with Gasteiger partial charge in [-0.3, -0.25) is 9.69 Å². The molecule has 0 saturated heterocycles. The lowest BCUT2D eigenvalue weighted by atomic mass is 9.85. The molecule has 2 aliphatic rings. The normalized spacial score (nSPS) is 25.4. The van der Waals surface area contributed by atoms with Gasteiger partial charge in [0.15, 0.2) is 0 Å². The van der Waals surface area contributed by atoms with Gasteiger partial charge in [-0.1, -0.05) is 38.0 Å². The van der Waals surface area contributed by atoms with Crippen LogP contribution in [0.1, 0.15) is 45.1 Å². The average molecular weight is 424 g/mol. The van der Waals surface area contributed by atoms with Crippen LogP contribution in [0.5, 0.6) is 5.75 Å². The summed E-state index contributed by atoms with van der Waals surface area (Å²) in [5.74, 6) is 0.364. The molecule has 1 aliphatic heterocycles. The molecule has 3 atom stereocenters. The van der Waals surface area contributed by atoms with E-state index in [1.165, 1.54) is 0 Å². The summed E-state index contributed by atoms with van der Waals surface area (Å²) in [5, 5.41) is 17.7. The molecule has 1 fully saturated rings. The van der Waals surface area contributed by atoms with Gasteiger partial charge in [-0.2, -0.15) is 0 Å². The van der Waals surface area contributed by atoms with Crippen molar-refractivity contribution >= 4 is 23.3 Å². The maximum Gasteiger partial charge on any atom is 0.329 e. The Morgan fingerprint density at radius 3 is 2.61 bits per heavy atom. The predicted octanol–water partition coefficient (Wildman–Crippen LogP) is 3.98. The van der Waals surface area contributed by atoms with E-state index in [4.69, 9.17) is 4.74 Å². The molecule has 1 heterocycles. The van der Waals surface area contributed by atoms with Gasteiger partial charge in [-0.25, -0.2) is 4.79 Å². The number of nitrogens with zero attached hydrogens (tertiary/aromatic N) is 1. The van der Waals surface area contributed by atoms with Crippen molar-refractivity contribution in [1.82, 2.24) is 5.32 Å². The highest BCUT2D eigenvalue weighted by atomic mass is 16.5. The molecule has 7 nitrogen and oxygen atoms in total. The van der Waals surface area contributed by atoms with Crippen LogP contribution in [0.3, 0.4) is 0 Å². The topological polar surface area (TPSA) is 90.9 Å². The number of hydrogen-bond acceptors (Lipinski definition) is 4. The molecule has 3 N–H and O–H groups in total. The Morgan fingerprint density at radius 2 is 1.90 bits per heavy atom. The van der Waals surface area contributed by atoms with E-state index in [2.05, 4.69) is 17.6 Å². The van der Waals surface area contributed by atoms with Crippen LogP contribution in [-0.2, 0) is 10.5 Å². The molecule has 3 amide bonds. The molecule has 31 heavy (non-hydrogen) atoms. The Balaban J connectivity index is 1.75. The van der Waals surface area contributed by atoms with Gasteiger partial charge in [-0.05, 0) is 56.0 Å². The van der Waals surface area contributed by atoms with E-state index in [0.717, 1.165) is 30.6 Å². The highest BCUT2D eigenvalue weighted by molar-refractivity contribution is 6.11. The number of urea groups is 1. The molecule has 2 aromatic carbocycles. The minimum absolute atomic E-state index is 0.0374. The minimum Gasteiger partial charge on any atom is -0.494 e. The number of ether oxygens (including phenoxy) is 1. The quantitative estimate of drug-likeness (QED) is 0.679. The lowest BCUT2D eigenvalue weighted by Crippen LogP contribution is -2.64. The van der Waals surface area contributed by atoms with Gasteiger partial charge in [0.05, 0.1) is 12.3 Å². The van der Waals surface area contributed by atoms with Gasteiger partial charge >= 0.3 is 6.03 Å². The zero-order chi connectivity index (χ0) is 22.0. The number of amides is 3. The Bertz CT molecular complexity index is 962. The third-order valence-corrected chi connectivity index (χ3v) is 6.22. The van der Waals surface area contributed by atoms with E-state index in [0.29, 0.717) is 35.2 Å². The van der Waals surface area contributed by atoms with E-state index in [1.807, 2.05) is 6.92 Å². The number of carbonyl (C=O) groups excluding carboxylic acids is 2. The van der Waals surface area contributed by atoms with Crippen LogP contribution < -0.4 is 20.3 Å². The zero-order valence-electron chi connectivity index (χ0n) is 17.9. The second-order valence-electron chi connectivity index (χ2n) is 8.25. The van der Waals surface area contributed by atoms with Crippen LogP contribution in [0.25, 0.3) is 0 Å². The van der Waals surface area contributed by atoms with E-state index in [9.17, 15) is 14.7 Å². The maximum atomic E-state index is 13.6. The summed E-state index contributed by atoms with van der Waals surface area (Å²) in [6.07, 6.45) is 4.07. The lowest BCUT2D eigenvalue weighted by molar-refractivity contribution is -0.141. The number of carbonyl (C=O) groups is 2. The van der Waals surface area contributed by atoms with E-state index in [-0.39, 0.29) is 6.04 Å². The smallest absolute Gasteiger partial charge is 0.329 e. The number of aliphatic hydroxyl groups is 1.